The molecule has 10 heteroatoms. The summed E-state index contributed by atoms with van der Waals surface area (Å²) in [5.74, 6) is -1.55. The Morgan fingerprint density at radius 2 is 1.15 bits per heavy atom. The number of hydrogen-bond acceptors (Lipinski definition) is 10. The van der Waals surface area contributed by atoms with Crippen LogP contribution in [0.25, 0.3) is 0 Å². The molecule has 6 atom stereocenters. The zero-order valence-electron chi connectivity index (χ0n) is 25.0. The van der Waals surface area contributed by atoms with Crippen molar-refractivity contribution in [3.8, 4) is 12.3 Å². The first kappa shape index (κ1) is 31.7. The van der Waals surface area contributed by atoms with Gasteiger partial charge in [0.15, 0.2) is 24.6 Å². The van der Waals surface area contributed by atoms with Gasteiger partial charge in [-0.2, -0.15) is 0 Å². The Morgan fingerprint density at radius 3 is 1.68 bits per heavy atom. The summed E-state index contributed by atoms with van der Waals surface area (Å²) in [4.78, 5) is 39.9. The molecule has 0 aromatic heterocycles. The van der Waals surface area contributed by atoms with Gasteiger partial charge in [-0.3, -0.25) is 4.74 Å². The molecule has 2 aliphatic heterocycles. The number of ether oxygens (including phenoxy) is 7. The Morgan fingerprint density at radius 1 is 0.660 bits per heavy atom. The van der Waals surface area contributed by atoms with Crippen LogP contribution < -0.4 is 0 Å². The van der Waals surface area contributed by atoms with Crippen LogP contribution in [0.15, 0.2) is 121 Å². The van der Waals surface area contributed by atoms with Crippen LogP contribution in [0.3, 0.4) is 0 Å². The number of benzene rings is 4. The zero-order valence-corrected chi connectivity index (χ0v) is 25.0. The van der Waals surface area contributed by atoms with E-state index in [1.54, 1.807) is 121 Å². The third-order valence-corrected chi connectivity index (χ3v) is 7.52. The lowest BCUT2D eigenvalue weighted by molar-refractivity contribution is -0.362. The van der Waals surface area contributed by atoms with Crippen LogP contribution in [0, 0.1) is 12.3 Å². The minimum atomic E-state index is -1.87. The quantitative estimate of drug-likeness (QED) is 0.136. The largest absolute Gasteiger partial charge is 0.459 e. The summed E-state index contributed by atoms with van der Waals surface area (Å²) in [7, 11) is 0. The molecule has 4 aromatic rings. The van der Waals surface area contributed by atoms with Crippen molar-refractivity contribution >= 4 is 17.9 Å². The van der Waals surface area contributed by atoms with E-state index in [0.29, 0.717) is 11.1 Å². The second kappa shape index (κ2) is 14.4. The van der Waals surface area contributed by atoms with Crippen molar-refractivity contribution in [3.05, 3.63) is 144 Å². The number of terminal acetylenes is 1. The molecular formula is C37H30O10. The van der Waals surface area contributed by atoms with Crippen LogP contribution in [0.5, 0.6) is 0 Å². The molecule has 0 amide bonds. The topological polar surface area (TPSA) is 116 Å². The lowest BCUT2D eigenvalue weighted by Gasteiger charge is -2.41. The van der Waals surface area contributed by atoms with Crippen molar-refractivity contribution in [2.24, 2.45) is 0 Å². The maximum atomic E-state index is 13.5. The molecule has 0 aliphatic carbocycles. The van der Waals surface area contributed by atoms with Gasteiger partial charge in [0.1, 0.15) is 19.3 Å². The van der Waals surface area contributed by atoms with E-state index >= 15 is 0 Å². The predicted octanol–water partition coefficient (Wildman–Crippen LogP) is 4.90. The number of rotatable bonds is 10. The first-order valence-corrected chi connectivity index (χ1v) is 14.9. The Bertz CT molecular complexity index is 1710. The Hall–Kier alpha value is -5.31. The summed E-state index contributed by atoms with van der Waals surface area (Å²) in [6.45, 7) is -0.594. The molecular weight excluding hydrogens is 604 g/mol. The fourth-order valence-electron chi connectivity index (χ4n) is 5.28. The van der Waals surface area contributed by atoms with Gasteiger partial charge in [-0.1, -0.05) is 90.8 Å². The molecule has 0 bridgehead atoms. The molecule has 10 nitrogen and oxygen atoms in total. The summed E-state index contributed by atoms with van der Waals surface area (Å²) in [5.41, 5.74) is 1.23. The molecule has 2 saturated heterocycles. The van der Waals surface area contributed by atoms with Crippen molar-refractivity contribution in [2.45, 2.75) is 36.7 Å². The molecule has 47 heavy (non-hydrogen) atoms. The van der Waals surface area contributed by atoms with Gasteiger partial charge < -0.3 is 28.4 Å². The summed E-state index contributed by atoms with van der Waals surface area (Å²) >= 11 is 0. The molecule has 238 valence electrons. The smallest absolute Gasteiger partial charge is 0.338 e. The minimum absolute atomic E-state index is 0.201. The fourth-order valence-corrected chi connectivity index (χ4v) is 5.28. The van der Waals surface area contributed by atoms with Gasteiger partial charge in [-0.05, 0) is 36.4 Å². The zero-order chi connectivity index (χ0) is 32.6. The monoisotopic (exact) mass is 634 g/mol. The summed E-state index contributed by atoms with van der Waals surface area (Å²) in [5, 5.41) is 0. The molecule has 2 aliphatic rings. The highest BCUT2D eigenvalue weighted by Crippen LogP contribution is 2.45. The van der Waals surface area contributed by atoms with Crippen molar-refractivity contribution in [3.63, 3.8) is 0 Å². The molecule has 4 aromatic carbocycles. The minimum Gasteiger partial charge on any atom is -0.459 e. The summed E-state index contributed by atoms with van der Waals surface area (Å²) in [6, 6.07) is 33.7. The highest BCUT2D eigenvalue weighted by atomic mass is 16.9. The van der Waals surface area contributed by atoms with Gasteiger partial charge in [-0.25, -0.2) is 14.4 Å². The predicted molar refractivity (Wildman–Crippen MR) is 166 cm³/mol. The van der Waals surface area contributed by atoms with Crippen molar-refractivity contribution in [1.29, 1.82) is 0 Å². The Labute approximate surface area is 271 Å². The van der Waals surface area contributed by atoms with E-state index < -0.39 is 61.2 Å². The molecule has 6 rings (SSSR count). The van der Waals surface area contributed by atoms with Gasteiger partial charge in [0.05, 0.1) is 16.7 Å². The van der Waals surface area contributed by atoms with Crippen LogP contribution in [-0.4, -0.2) is 61.8 Å². The van der Waals surface area contributed by atoms with Gasteiger partial charge >= 0.3 is 23.9 Å². The summed E-state index contributed by atoms with van der Waals surface area (Å²) < 4.78 is 42.6. The van der Waals surface area contributed by atoms with Crippen molar-refractivity contribution in [2.75, 3.05) is 13.2 Å². The number of carbonyl (C=O) groups is 3. The Balaban J connectivity index is 1.38. The molecule has 0 saturated carbocycles. The second-order valence-corrected chi connectivity index (χ2v) is 10.6. The first-order chi connectivity index (χ1) is 23.0. The van der Waals surface area contributed by atoms with Gasteiger partial charge in [0.2, 0.25) is 0 Å². The van der Waals surface area contributed by atoms with E-state index in [9.17, 15) is 14.4 Å². The van der Waals surface area contributed by atoms with Crippen LogP contribution >= 0.6 is 0 Å². The average molecular weight is 635 g/mol. The van der Waals surface area contributed by atoms with Gasteiger partial charge in [0, 0.05) is 5.56 Å². The van der Waals surface area contributed by atoms with Crippen molar-refractivity contribution < 1.29 is 47.5 Å². The number of esters is 3. The van der Waals surface area contributed by atoms with Crippen molar-refractivity contribution in [1.82, 2.24) is 0 Å². The first-order valence-electron chi connectivity index (χ1n) is 14.9. The summed E-state index contributed by atoms with van der Waals surface area (Å²) in [6.07, 6.45) is -0.730. The molecule has 2 fully saturated rings. The maximum absolute atomic E-state index is 13.5. The second-order valence-electron chi connectivity index (χ2n) is 10.6. The van der Waals surface area contributed by atoms with E-state index in [1.807, 2.05) is 0 Å². The molecule has 0 spiro atoms. The number of hydrogen-bond donors (Lipinski definition) is 0. The van der Waals surface area contributed by atoms with E-state index in [2.05, 4.69) is 5.92 Å². The van der Waals surface area contributed by atoms with E-state index in [0.717, 1.165) is 0 Å². The van der Waals surface area contributed by atoms with Gasteiger partial charge in [-0.15, -0.1) is 6.42 Å². The lowest BCUT2D eigenvalue weighted by atomic mass is 9.98. The lowest BCUT2D eigenvalue weighted by Crippen LogP contribution is -2.60. The van der Waals surface area contributed by atoms with Crippen LogP contribution in [-0.2, 0) is 39.1 Å². The molecule has 0 N–H and O–H groups in total. The standard InChI is InChI=1S/C37H30O10/c1-2-23-42-37(28-21-13-6-14-22-28)46-32-31(45-35(40)27-19-11-5-12-20-27)30(44-34(39)26-17-9-4-10-18-26)29(43-36(32)47-37)24-41-33(38)25-15-7-3-8-16-25/h1,3-22,29-32,36H,23-24H2/t29-,30-,31+,32-,36-,37+/m1/s1. The highest BCUT2D eigenvalue weighted by Gasteiger charge is 2.62. The molecule has 2 heterocycles. The van der Waals surface area contributed by atoms with Crippen LogP contribution in [0.1, 0.15) is 36.6 Å². The van der Waals surface area contributed by atoms with E-state index in [1.165, 1.54) is 0 Å². The number of fused-ring (bicyclic) bond motifs is 1. The Kier molecular flexibility index (Phi) is 9.71. The van der Waals surface area contributed by atoms with Crippen LogP contribution in [0.4, 0.5) is 0 Å². The van der Waals surface area contributed by atoms with E-state index in [4.69, 9.17) is 39.6 Å². The average Bonchev–Trinajstić information content (AvgIpc) is 3.51. The SMILES string of the molecule is C#CCO[C@]1(c2ccccc2)O[C@H]2O[C@H](COC(=O)c3ccccc3)[C@@H](OC(=O)c3ccccc3)[C@H](OC(=O)c3ccccc3)[C@H]2O1. The van der Waals surface area contributed by atoms with Gasteiger partial charge in [0.25, 0.3) is 0 Å². The third kappa shape index (κ3) is 7.09. The van der Waals surface area contributed by atoms with E-state index in [-0.39, 0.29) is 17.7 Å². The highest BCUT2D eigenvalue weighted by molar-refractivity contribution is 5.91. The maximum Gasteiger partial charge on any atom is 0.338 e. The molecule has 0 radical (unpaired) electrons. The third-order valence-electron chi connectivity index (χ3n) is 7.52. The van der Waals surface area contributed by atoms with Crippen LogP contribution in [0.2, 0.25) is 0 Å². The number of carbonyl (C=O) groups excluding carboxylic acids is 3. The molecule has 0 unspecified atom stereocenters. The normalized spacial score (nSPS) is 24.7. The fraction of sp³-hybridized carbons (Fsp3) is 0.216.